The number of hydrogen-bond acceptors (Lipinski definition) is 4. The highest BCUT2D eigenvalue weighted by atomic mass is 16.6. The van der Waals surface area contributed by atoms with Gasteiger partial charge in [0.2, 0.25) is 0 Å². The third kappa shape index (κ3) is 6.47. The van der Waals surface area contributed by atoms with Crippen LogP contribution in [0.5, 0.6) is 0 Å². The average molecular weight is 259 g/mol. The maximum absolute atomic E-state index is 11.8. The largest absolute Gasteiger partial charge is 0.464 e. The van der Waals surface area contributed by atoms with Crippen molar-refractivity contribution in [3.05, 3.63) is 0 Å². The van der Waals surface area contributed by atoms with Gasteiger partial charge in [-0.15, -0.1) is 0 Å². The Hall–Kier alpha value is -1.26. The molecule has 0 aliphatic rings. The van der Waals surface area contributed by atoms with Crippen LogP contribution in [-0.4, -0.2) is 30.3 Å². The van der Waals surface area contributed by atoms with E-state index in [1.54, 1.807) is 27.7 Å². The molecule has 1 N–H and O–H groups in total. The van der Waals surface area contributed by atoms with E-state index in [4.69, 9.17) is 9.47 Å². The highest BCUT2D eigenvalue weighted by molar-refractivity contribution is 5.81. The molecule has 5 nitrogen and oxygen atoms in total. The summed E-state index contributed by atoms with van der Waals surface area (Å²) in [7, 11) is 0. The molecule has 0 aromatic heterocycles. The van der Waals surface area contributed by atoms with Gasteiger partial charge in [0.1, 0.15) is 11.6 Å². The zero-order valence-corrected chi connectivity index (χ0v) is 12.2. The summed E-state index contributed by atoms with van der Waals surface area (Å²) in [5, 5.41) is 2.57. The number of ether oxygens (including phenoxy) is 2. The van der Waals surface area contributed by atoms with Crippen molar-refractivity contribution < 1.29 is 19.1 Å². The molecule has 0 rings (SSSR count). The van der Waals surface area contributed by atoms with Crippen molar-refractivity contribution in [1.29, 1.82) is 0 Å². The van der Waals surface area contributed by atoms with Crippen LogP contribution in [0.15, 0.2) is 0 Å². The monoisotopic (exact) mass is 259 g/mol. The lowest BCUT2D eigenvalue weighted by molar-refractivity contribution is -0.147. The minimum absolute atomic E-state index is 0.00318. The van der Waals surface area contributed by atoms with E-state index in [1.165, 1.54) is 0 Å². The second kappa shape index (κ2) is 7.24. The maximum Gasteiger partial charge on any atom is 0.408 e. The van der Waals surface area contributed by atoms with Crippen LogP contribution in [0.3, 0.4) is 0 Å². The predicted octanol–water partition coefficient (Wildman–Crippen LogP) is 2.49. The Labute approximate surface area is 109 Å². The smallest absolute Gasteiger partial charge is 0.408 e. The predicted molar refractivity (Wildman–Crippen MR) is 69.2 cm³/mol. The number of amides is 1. The molecule has 0 unspecified atom stereocenters. The Balaban J connectivity index is 4.59. The number of rotatable bonds is 5. The minimum Gasteiger partial charge on any atom is -0.464 e. The molecule has 0 aliphatic heterocycles. The molecule has 0 heterocycles. The number of hydrogen-bond donors (Lipinski definition) is 1. The molecule has 106 valence electrons. The lowest BCUT2D eigenvalue weighted by atomic mass is 9.99. The van der Waals surface area contributed by atoms with Gasteiger partial charge in [-0.3, -0.25) is 0 Å². The Morgan fingerprint density at radius 3 is 2.17 bits per heavy atom. The molecule has 18 heavy (non-hydrogen) atoms. The van der Waals surface area contributed by atoms with Gasteiger partial charge in [-0.25, -0.2) is 9.59 Å². The van der Waals surface area contributed by atoms with E-state index < -0.39 is 23.7 Å². The zero-order valence-electron chi connectivity index (χ0n) is 12.2. The van der Waals surface area contributed by atoms with Crippen LogP contribution in [0.2, 0.25) is 0 Å². The molecular formula is C13H25NO4. The molecule has 2 atom stereocenters. The Morgan fingerprint density at radius 1 is 1.22 bits per heavy atom. The standard InChI is InChI=1S/C13H25NO4/c1-7-9(3)10(11(15)17-8-2)14-12(16)18-13(4,5)6/h9-10H,7-8H2,1-6H3,(H,14,16)/t9-,10-/m0/s1. The minimum atomic E-state index is -0.662. The van der Waals surface area contributed by atoms with Crippen molar-refractivity contribution in [3.63, 3.8) is 0 Å². The summed E-state index contributed by atoms with van der Waals surface area (Å²) in [5.41, 5.74) is -0.585. The molecule has 0 saturated carbocycles. The number of carbonyl (C=O) groups is 2. The number of nitrogens with one attached hydrogen (secondary N) is 1. The van der Waals surface area contributed by atoms with E-state index in [0.717, 1.165) is 6.42 Å². The van der Waals surface area contributed by atoms with E-state index >= 15 is 0 Å². The fourth-order valence-corrected chi connectivity index (χ4v) is 1.34. The first-order valence-electron chi connectivity index (χ1n) is 6.37. The van der Waals surface area contributed by atoms with Gasteiger partial charge in [0.25, 0.3) is 0 Å². The highest BCUT2D eigenvalue weighted by Crippen LogP contribution is 2.12. The molecule has 0 bridgehead atoms. The number of alkyl carbamates (subject to hydrolysis) is 1. The van der Waals surface area contributed by atoms with E-state index in [9.17, 15) is 9.59 Å². The van der Waals surface area contributed by atoms with Crippen molar-refractivity contribution in [1.82, 2.24) is 5.32 Å². The SMILES string of the molecule is CCOC(=O)[C@@H](NC(=O)OC(C)(C)C)[C@@H](C)CC. The third-order valence-corrected chi connectivity index (χ3v) is 2.43. The van der Waals surface area contributed by atoms with Crippen molar-refractivity contribution in [3.8, 4) is 0 Å². The van der Waals surface area contributed by atoms with E-state index in [2.05, 4.69) is 5.32 Å². The van der Waals surface area contributed by atoms with E-state index in [0.29, 0.717) is 6.61 Å². The average Bonchev–Trinajstić information content (AvgIpc) is 2.22. The van der Waals surface area contributed by atoms with Gasteiger partial charge in [0.05, 0.1) is 6.61 Å². The third-order valence-electron chi connectivity index (χ3n) is 2.43. The number of esters is 1. The van der Waals surface area contributed by atoms with Gasteiger partial charge in [0.15, 0.2) is 0 Å². The van der Waals surface area contributed by atoms with E-state index in [-0.39, 0.29) is 5.92 Å². The van der Waals surface area contributed by atoms with Gasteiger partial charge in [-0.2, -0.15) is 0 Å². The molecule has 0 saturated heterocycles. The summed E-state index contributed by atoms with van der Waals surface area (Å²) in [6.07, 6.45) is 0.167. The summed E-state index contributed by atoms with van der Waals surface area (Å²) < 4.78 is 10.1. The highest BCUT2D eigenvalue weighted by Gasteiger charge is 2.29. The molecular weight excluding hydrogens is 234 g/mol. The van der Waals surface area contributed by atoms with Gasteiger partial charge < -0.3 is 14.8 Å². The van der Waals surface area contributed by atoms with Crippen LogP contribution >= 0.6 is 0 Å². The van der Waals surface area contributed by atoms with Crippen molar-refractivity contribution in [2.75, 3.05) is 6.61 Å². The van der Waals surface area contributed by atoms with Crippen molar-refractivity contribution in [2.45, 2.75) is 59.6 Å². The van der Waals surface area contributed by atoms with Gasteiger partial charge in [-0.1, -0.05) is 20.3 Å². The topological polar surface area (TPSA) is 64.6 Å². The fraction of sp³-hybridized carbons (Fsp3) is 0.846. The quantitative estimate of drug-likeness (QED) is 0.770. The first-order valence-corrected chi connectivity index (χ1v) is 6.37. The summed E-state index contributed by atoms with van der Waals surface area (Å²) in [5.74, 6) is -0.422. The molecule has 0 fully saturated rings. The maximum atomic E-state index is 11.8. The zero-order chi connectivity index (χ0) is 14.3. The number of carbonyl (C=O) groups excluding carboxylic acids is 2. The molecule has 0 aliphatic carbocycles. The van der Waals surface area contributed by atoms with Crippen LogP contribution in [0, 0.1) is 5.92 Å². The molecule has 0 aromatic carbocycles. The second-order valence-electron chi connectivity index (χ2n) is 5.26. The molecule has 5 heteroatoms. The summed E-state index contributed by atoms with van der Waals surface area (Å²) in [6, 6.07) is -0.662. The van der Waals surface area contributed by atoms with Gasteiger partial charge in [0, 0.05) is 0 Å². The molecule has 0 radical (unpaired) electrons. The van der Waals surface area contributed by atoms with Gasteiger partial charge >= 0.3 is 12.1 Å². The first kappa shape index (κ1) is 16.7. The summed E-state index contributed by atoms with van der Waals surface area (Å²) >= 11 is 0. The Morgan fingerprint density at radius 2 is 1.78 bits per heavy atom. The Bertz CT molecular complexity index is 283. The van der Waals surface area contributed by atoms with Crippen LogP contribution < -0.4 is 5.32 Å². The van der Waals surface area contributed by atoms with E-state index in [1.807, 2.05) is 13.8 Å². The normalized spacial score (nSPS) is 14.6. The van der Waals surface area contributed by atoms with Crippen LogP contribution in [0.1, 0.15) is 48.0 Å². The lowest BCUT2D eigenvalue weighted by Crippen LogP contribution is -2.47. The molecule has 0 aromatic rings. The molecule has 1 amide bonds. The lowest BCUT2D eigenvalue weighted by Gasteiger charge is -2.25. The second-order valence-corrected chi connectivity index (χ2v) is 5.26. The van der Waals surface area contributed by atoms with Crippen LogP contribution in [-0.2, 0) is 14.3 Å². The van der Waals surface area contributed by atoms with Crippen LogP contribution in [0.25, 0.3) is 0 Å². The summed E-state index contributed by atoms with van der Waals surface area (Å²) in [6.45, 7) is 11.2. The Kier molecular flexibility index (Phi) is 6.73. The van der Waals surface area contributed by atoms with Crippen molar-refractivity contribution in [2.24, 2.45) is 5.92 Å². The fourth-order valence-electron chi connectivity index (χ4n) is 1.34. The summed E-state index contributed by atoms with van der Waals surface area (Å²) in [4.78, 5) is 23.4. The van der Waals surface area contributed by atoms with Crippen LogP contribution in [0.4, 0.5) is 4.79 Å². The van der Waals surface area contributed by atoms with Crippen molar-refractivity contribution >= 4 is 12.1 Å². The molecule has 0 spiro atoms. The van der Waals surface area contributed by atoms with Gasteiger partial charge in [-0.05, 0) is 33.6 Å². The first-order chi connectivity index (χ1) is 8.21.